The second-order valence-electron chi connectivity index (χ2n) is 5.11. The minimum Gasteiger partial charge on any atom is -0.461 e. The van der Waals surface area contributed by atoms with E-state index in [0.29, 0.717) is 22.4 Å². The van der Waals surface area contributed by atoms with Gasteiger partial charge in [0.2, 0.25) is 11.7 Å². The fourth-order valence-corrected chi connectivity index (χ4v) is 2.63. The predicted molar refractivity (Wildman–Crippen MR) is 81.4 cm³/mol. The van der Waals surface area contributed by atoms with Gasteiger partial charge < -0.3 is 14.3 Å². The van der Waals surface area contributed by atoms with Crippen LogP contribution in [0.5, 0.6) is 0 Å². The predicted octanol–water partition coefficient (Wildman–Crippen LogP) is 3.52. The molecule has 1 atom stereocenters. The Morgan fingerprint density at radius 2 is 2.18 bits per heavy atom. The van der Waals surface area contributed by atoms with Gasteiger partial charge in [-0.2, -0.15) is 4.98 Å². The lowest BCUT2D eigenvalue weighted by atomic mass is 10.0. The number of nitrogens with one attached hydrogen (secondary N) is 1. The molecule has 1 amide bonds. The summed E-state index contributed by atoms with van der Waals surface area (Å²) in [6.45, 7) is 3.96. The quantitative estimate of drug-likeness (QED) is 0.778. The van der Waals surface area contributed by atoms with Crippen molar-refractivity contribution in [3.63, 3.8) is 0 Å². The maximum absolute atomic E-state index is 12.2. The van der Waals surface area contributed by atoms with Crippen LogP contribution in [0.4, 0.5) is 0 Å². The van der Waals surface area contributed by atoms with E-state index in [2.05, 4.69) is 15.5 Å². The highest BCUT2D eigenvalue weighted by Gasteiger charge is 2.26. The zero-order valence-corrected chi connectivity index (χ0v) is 13.0. The van der Waals surface area contributed by atoms with E-state index in [4.69, 9.17) is 8.94 Å². The average Bonchev–Trinajstić information content (AvgIpc) is 3.25. The van der Waals surface area contributed by atoms with E-state index in [9.17, 15) is 4.79 Å². The molecule has 0 unspecified atom stereocenters. The summed E-state index contributed by atoms with van der Waals surface area (Å²) in [5.41, 5.74) is 0. The highest BCUT2D eigenvalue weighted by atomic mass is 32.1. The van der Waals surface area contributed by atoms with Crippen LogP contribution >= 0.6 is 11.3 Å². The zero-order valence-electron chi connectivity index (χ0n) is 12.1. The minimum atomic E-state index is -0.356. The molecule has 0 aliphatic heterocycles. The molecule has 0 saturated carbocycles. The van der Waals surface area contributed by atoms with Crippen LogP contribution in [0.3, 0.4) is 0 Å². The Balaban J connectivity index is 1.81. The molecule has 3 aromatic rings. The van der Waals surface area contributed by atoms with Gasteiger partial charge in [-0.3, -0.25) is 4.79 Å². The SMILES string of the molecule is CC(C)[C@H](NC(=O)c1cccs1)c1nc(-c2ccco2)no1. The van der Waals surface area contributed by atoms with Gasteiger partial charge in [-0.1, -0.05) is 25.1 Å². The van der Waals surface area contributed by atoms with Gasteiger partial charge in [-0.05, 0) is 29.5 Å². The first-order valence-electron chi connectivity index (χ1n) is 6.87. The van der Waals surface area contributed by atoms with Crippen molar-refractivity contribution in [3.05, 3.63) is 46.7 Å². The van der Waals surface area contributed by atoms with Crippen LogP contribution in [0.15, 0.2) is 44.8 Å². The fraction of sp³-hybridized carbons (Fsp3) is 0.267. The van der Waals surface area contributed by atoms with Gasteiger partial charge in [0, 0.05) is 0 Å². The van der Waals surface area contributed by atoms with Crippen molar-refractivity contribution in [1.82, 2.24) is 15.5 Å². The van der Waals surface area contributed by atoms with Crippen LogP contribution in [-0.2, 0) is 0 Å². The van der Waals surface area contributed by atoms with Crippen LogP contribution in [-0.4, -0.2) is 16.0 Å². The Labute approximate surface area is 131 Å². The van der Waals surface area contributed by atoms with E-state index in [1.807, 2.05) is 25.3 Å². The smallest absolute Gasteiger partial charge is 0.262 e. The van der Waals surface area contributed by atoms with Crippen LogP contribution in [0.25, 0.3) is 11.6 Å². The fourth-order valence-electron chi connectivity index (χ4n) is 2.00. The highest BCUT2D eigenvalue weighted by molar-refractivity contribution is 7.12. The van der Waals surface area contributed by atoms with Gasteiger partial charge in [-0.15, -0.1) is 11.3 Å². The first-order valence-corrected chi connectivity index (χ1v) is 7.75. The molecular weight excluding hydrogens is 302 g/mol. The molecule has 0 aromatic carbocycles. The van der Waals surface area contributed by atoms with Gasteiger partial charge in [0.15, 0.2) is 5.76 Å². The van der Waals surface area contributed by atoms with Gasteiger partial charge in [-0.25, -0.2) is 0 Å². The number of furan rings is 1. The summed E-state index contributed by atoms with van der Waals surface area (Å²) >= 11 is 1.39. The van der Waals surface area contributed by atoms with E-state index < -0.39 is 0 Å². The van der Waals surface area contributed by atoms with Crippen LogP contribution in [0.2, 0.25) is 0 Å². The maximum Gasteiger partial charge on any atom is 0.262 e. The van der Waals surface area contributed by atoms with Crippen molar-refractivity contribution in [2.45, 2.75) is 19.9 Å². The number of hydrogen-bond donors (Lipinski definition) is 1. The summed E-state index contributed by atoms with van der Waals surface area (Å²) in [6.07, 6.45) is 1.55. The lowest BCUT2D eigenvalue weighted by molar-refractivity contribution is 0.0918. The van der Waals surface area contributed by atoms with Crippen LogP contribution in [0.1, 0.15) is 35.5 Å². The van der Waals surface area contributed by atoms with Crippen LogP contribution < -0.4 is 5.32 Å². The van der Waals surface area contributed by atoms with Crippen molar-refractivity contribution in [2.24, 2.45) is 5.92 Å². The van der Waals surface area contributed by atoms with Gasteiger partial charge >= 0.3 is 0 Å². The summed E-state index contributed by atoms with van der Waals surface area (Å²) in [5, 5.41) is 8.70. The zero-order chi connectivity index (χ0) is 15.5. The highest BCUT2D eigenvalue weighted by Crippen LogP contribution is 2.24. The van der Waals surface area contributed by atoms with E-state index in [-0.39, 0.29) is 17.9 Å². The number of aromatic nitrogens is 2. The molecule has 3 aromatic heterocycles. The molecule has 6 nitrogen and oxygen atoms in total. The maximum atomic E-state index is 12.2. The van der Waals surface area contributed by atoms with Crippen molar-refractivity contribution in [1.29, 1.82) is 0 Å². The summed E-state index contributed by atoms with van der Waals surface area (Å²) in [4.78, 5) is 17.2. The number of carbonyl (C=O) groups excluding carboxylic acids is 1. The molecule has 0 aliphatic carbocycles. The normalized spacial score (nSPS) is 12.5. The van der Waals surface area contributed by atoms with Crippen molar-refractivity contribution in [2.75, 3.05) is 0 Å². The Bertz CT molecular complexity index is 732. The molecule has 114 valence electrons. The topological polar surface area (TPSA) is 81.2 Å². The third kappa shape index (κ3) is 2.94. The third-order valence-corrected chi connectivity index (χ3v) is 4.02. The molecule has 0 aliphatic rings. The molecule has 0 fully saturated rings. The lowest BCUT2D eigenvalue weighted by Gasteiger charge is -2.17. The summed E-state index contributed by atoms with van der Waals surface area (Å²) in [5.74, 6) is 1.23. The Kier molecular flexibility index (Phi) is 4.06. The van der Waals surface area contributed by atoms with Crippen molar-refractivity contribution >= 4 is 17.2 Å². The van der Waals surface area contributed by atoms with Gasteiger partial charge in [0.25, 0.3) is 5.91 Å². The first-order chi connectivity index (χ1) is 10.6. The Hall–Kier alpha value is -2.41. The number of amides is 1. The largest absolute Gasteiger partial charge is 0.461 e. The number of carbonyl (C=O) groups is 1. The second-order valence-corrected chi connectivity index (χ2v) is 6.05. The first kappa shape index (κ1) is 14.5. The standard InChI is InChI=1S/C15H15N3O3S/c1-9(2)12(16-14(19)11-6-4-8-22-11)15-17-13(18-21-15)10-5-3-7-20-10/h3-9,12H,1-2H3,(H,16,19)/t12-/m0/s1. The molecule has 1 N–H and O–H groups in total. The average molecular weight is 317 g/mol. The van der Waals surface area contributed by atoms with Crippen molar-refractivity contribution < 1.29 is 13.7 Å². The van der Waals surface area contributed by atoms with Gasteiger partial charge in [0.1, 0.15) is 6.04 Å². The van der Waals surface area contributed by atoms with Crippen molar-refractivity contribution in [3.8, 4) is 11.6 Å². The summed E-state index contributed by atoms with van der Waals surface area (Å²) in [6, 6.07) is 6.77. The summed E-state index contributed by atoms with van der Waals surface area (Å²) < 4.78 is 10.5. The minimum absolute atomic E-state index is 0.105. The van der Waals surface area contributed by atoms with E-state index in [1.165, 1.54) is 11.3 Å². The molecular formula is C15H15N3O3S. The number of hydrogen-bond acceptors (Lipinski definition) is 6. The van der Waals surface area contributed by atoms with E-state index in [0.717, 1.165) is 0 Å². The molecule has 0 bridgehead atoms. The van der Waals surface area contributed by atoms with Gasteiger partial charge in [0.05, 0.1) is 11.1 Å². The lowest BCUT2D eigenvalue weighted by Crippen LogP contribution is -2.31. The Morgan fingerprint density at radius 3 is 2.82 bits per heavy atom. The van der Waals surface area contributed by atoms with E-state index in [1.54, 1.807) is 24.5 Å². The molecule has 3 heterocycles. The number of rotatable bonds is 5. The molecule has 22 heavy (non-hydrogen) atoms. The molecule has 3 rings (SSSR count). The monoisotopic (exact) mass is 317 g/mol. The van der Waals surface area contributed by atoms with Crippen LogP contribution in [0, 0.1) is 5.92 Å². The van der Waals surface area contributed by atoms with E-state index >= 15 is 0 Å². The second kappa shape index (κ2) is 6.15. The summed E-state index contributed by atoms with van der Waals surface area (Å²) in [7, 11) is 0. The molecule has 0 radical (unpaired) electrons. The molecule has 7 heteroatoms. The number of thiophene rings is 1. The molecule has 0 saturated heterocycles. The third-order valence-electron chi connectivity index (χ3n) is 3.15. The number of nitrogens with zero attached hydrogens (tertiary/aromatic N) is 2. The molecule has 0 spiro atoms. The Morgan fingerprint density at radius 1 is 1.32 bits per heavy atom.